The van der Waals surface area contributed by atoms with Gasteiger partial charge in [-0.2, -0.15) is 0 Å². The van der Waals surface area contributed by atoms with Crippen molar-refractivity contribution in [2.45, 2.75) is 20.3 Å². The number of anilines is 1. The molecule has 0 radical (unpaired) electrons. The molecule has 1 aliphatic heterocycles. The van der Waals surface area contributed by atoms with Gasteiger partial charge in [-0.15, -0.1) is 11.3 Å². The first kappa shape index (κ1) is 16.5. The number of nitrogens with zero attached hydrogens (tertiary/aromatic N) is 2. The standard InChI is InChI=1S/C13H9ClN2O3S.C2H6/c14-10-7-9(16(18)19)1-2-11(10)15-5-3-8-4-6-20-12(8)13(15)17;1-2/h1-2,4,6-7H,3,5H2;1-2H3. The first-order valence-corrected chi connectivity index (χ1v) is 8.16. The molecule has 1 aromatic carbocycles. The Hall–Kier alpha value is -1.92. The number of nitro benzene ring substituents is 1. The number of halogens is 1. The minimum Gasteiger partial charge on any atom is -0.306 e. The highest BCUT2D eigenvalue weighted by Crippen LogP contribution is 2.34. The van der Waals surface area contributed by atoms with E-state index in [0.717, 1.165) is 12.0 Å². The van der Waals surface area contributed by atoms with Gasteiger partial charge in [-0.25, -0.2) is 0 Å². The SMILES string of the molecule is CC.O=C1c2sccc2CCN1c1ccc([N+](=O)[O-])cc1Cl. The summed E-state index contributed by atoms with van der Waals surface area (Å²) in [6.07, 6.45) is 0.762. The number of non-ortho nitro benzene ring substituents is 1. The van der Waals surface area contributed by atoms with Crippen LogP contribution in [0.4, 0.5) is 11.4 Å². The Balaban J connectivity index is 0.000000847. The van der Waals surface area contributed by atoms with Gasteiger partial charge in [-0.05, 0) is 29.5 Å². The Bertz CT molecular complexity index is 715. The number of nitro groups is 1. The van der Waals surface area contributed by atoms with Crippen LogP contribution in [0.3, 0.4) is 0 Å². The van der Waals surface area contributed by atoms with Gasteiger partial charge in [-0.3, -0.25) is 14.9 Å². The summed E-state index contributed by atoms with van der Waals surface area (Å²) in [6, 6.07) is 6.11. The maximum atomic E-state index is 12.4. The minimum absolute atomic E-state index is 0.0833. The van der Waals surface area contributed by atoms with Crippen molar-refractivity contribution in [3.63, 3.8) is 0 Å². The molecule has 0 saturated carbocycles. The number of hydrogen-bond donors (Lipinski definition) is 0. The number of fused-ring (bicyclic) bond motifs is 1. The predicted octanol–water partition coefficient (Wildman–Crippen LogP) is 4.54. The van der Waals surface area contributed by atoms with Crippen molar-refractivity contribution in [1.29, 1.82) is 0 Å². The van der Waals surface area contributed by atoms with Crippen LogP contribution in [0, 0.1) is 10.1 Å². The largest absolute Gasteiger partial charge is 0.306 e. The van der Waals surface area contributed by atoms with E-state index in [1.807, 2.05) is 25.3 Å². The summed E-state index contributed by atoms with van der Waals surface area (Å²) in [5.74, 6) is -0.1000. The van der Waals surface area contributed by atoms with Gasteiger partial charge in [0.15, 0.2) is 0 Å². The molecule has 5 nitrogen and oxygen atoms in total. The molecule has 0 N–H and O–H groups in total. The number of benzene rings is 1. The third-order valence-corrected chi connectivity index (χ3v) is 4.47. The fourth-order valence-corrected chi connectivity index (χ4v) is 3.41. The zero-order valence-electron chi connectivity index (χ0n) is 12.2. The van der Waals surface area contributed by atoms with Crippen LogP contribution in [-0.2, 0) is 6.42 Å². The Labute approximate surface area is 137 Å². The normalized spacial score (nSPS) is 13.2. The van der Waals surface area contributed by atoms with E-state index in [9.17, 15) is 14.9 Å². The number of amides is 1. The molecule has 1 aliphatic rings. The summed E-state index contributed by atoms with van der Waals surface area (Å²) in [5.41, 5.74) is 1.48. The van der Waals surface area contributed by atoms with E-state index in [4.69, 9.17) is 11.6 Å². The Morgan fingerprint density at radius 3 is 2.68 bits per heavy atom. The molecule has 0 bridgehead atoms. The maximum absolute atomic E-state index is 12.4. The highest BCUT2D eigenvalue weighted by atomic mass is 35.5. The molecule has 22 heavy (non-hydrogen) atoms. The monoisotopic (exact) mass is 338 g/mol. The molecule has 0 spiro atoms. The topological polar surface area (TPSA) is 63.5 Å². The molecule has 1 aromatic heterocycles. The quantitative estimate of drug-likeness (QED) is 0.596. The molecule has 7 heteroatoms. The zero-order valence-corrected chi connectivity index (χ0v) is 13.8. The Morgan fingerprint density at radius 1 is 1.32 bits per heavy atom. The maximum Gasteiger partial charge on any atom is 0.271 e. The number of carbonyl (C=O) groups is 1. The molecule has 2 aromatic rings. The number of carbonyl (C=O) groups excluding carboxylic acids is 1. The van der Waals surface area contributed by atoms with Crippen LogP contribution >= 0.6 is 22.9 Å². The van der Waals surface area contributed by atoms with Crippen molar-refractivity contribution in [2.24, 2.45) is 0 Å². The molecule has 0 atom stereocenters. The van der Waals surface area contributed by atoms with Gasteiger partial charge < -0.3 is 4.90 Å². The molecule has 3 rings (SSSR count). The smallest absolute Gasteiger partial charge is 0.271 e. The molecule has 116 valence electrons. The van der Waals surface area contributed by atoms with Gasteiger partial charge in [0.05, 0.1) is 20.5 Å². The Morgan fingerprint density at radius 2 is 2.05 bits per heavy atom. The van der Waals surface area contributed by atoms with Crippen molar-refractivity contribution >= 4 is 40.2 Å². The van der Waals surface area contributed by atoms with E-state index in [-0.39, 0.29) is 16.6 Å². The molecule has 0 aliphatic carbocycles. The average molecular weight is 339 g/mol. The summed E-state index contributed by atoms with van der Waals surface area (Å²) < 4.78 is 0. The summed E-state index contributed by atoms with van der Waals surface area (Å²) in [4.78, 5) is 24.9. The van der Waals surface area contributed by atoms with Crippen molar-refractivity contribution in [3.05, 3.63) is 55.2 Å². The van der Waals surface area contributed by atoms with E-state index in [0.29, 0.717) is 17.1 Å². The highest BCUT2D eigenvalue weighted by Gasteiger charge is 2.28. The molecule has 0 unspecified atom stereocenters. The summed E-state index contributed by atoms with van der Waals surface area (Å²) in [7, 11) is 0. The van der Waals surface area contributed by atoms with Gasteiger partial charge in [0, 0.05) is 18.7 Å². The first-order chi connectivity index (χ1) is 10.6. The summed E-state index contributed by atoms with van der Waals surface area (Å²) >= 11 is 7.48. The molecular weight excluding hydrogens is 324 g/mol. The van der Waals surface area contributed by atoms with Crippen LogP contribution in [0.15, 0.2) is 29.6 Å². The van der Waals surface area contributed by atoms with Crippen LogP contribution in [0.1, 0.15) is 29.1 Å². The lowest BCUT2D eigenvalue weighted by atomic mass is 10.1. The van der Waals surface area contributed by atoms with Crippen molar-refractivity contribution in [2.75, 3.05) is 11.4 Å². The lowest BCUT2D eigenvalue weighted by Crippen LogP contribution is -2.36. The summed E-state index contributed by atoms with van der Waals surface area (Å²) in [5, 5.41) is 12.8. The van der Waals surface area contributed by atoms with E-state index >= 15 is 0 Å². The number of thiophene rings is 1. The Kier molecular flexibility index (Phi) is 5.15. The number of rotatable bonds is 2. The second-order valence-electron chi connectivity index (χ2n) is 4.37. The zero-order chi connectivity index (χ0) is 16.3. The van der Waals surface area contributed by atoms with Gasteiger partial charge in [0.25, 0.3) is 11.6 Å². The molecule has 0 fully saturated rings. The van der Waals surface area contributed by atoms with Gasteiger partial charge in [-0.1, -0.05) is 25.4 Å². The van der Waals surface area contributed by atoms with Crippen LogP contribution in [-0.4, -0.2) is 17.4 Å². The van der Waals surface area contributed by atoms with Crippen LogP contribution < -0.4 is 4.90 Å². The summed E-state index contributed by atoms with van der Waals surface area (Å²) in [6.45, 7) is 4.53. The van der Waals surface area contributed by atoms with Crippen LogP contribution in [0.5, 0.6) is 0 Å². The van der Waals surface area contributed by atoms with Crippen LogP contribution in [0.25, 0.3) is 0 Å². The van der Waals surface area contributed by atoms with Crippen molar-refractivity contribution in [1.82, 2.24) is 0 Å². The molecule has 0 saturated heterocycles. The van der Waals surface area contributed by atoms with Gasteiger partial charge >= 0.3 is 0 Å². The lowest BCUT2D eigenvalue weighted by Gasteiger charge is -2.27. The van der Waals surface area contributed by atoms with E-state index in [1.54, 1.807) is 4.90 Å². The fourth-order valence-electron chi connectivity index (χ4n) is 2.23. The van der Waals surface area contributed by atoms with Gasteiger partial charge in [0.2, 0.25) is 0 Å². The molecular formula is C15H15ClN2O3S. The first-order valence-electron chi connectivity index (χ1n) is 6.90. The van der Waals surface area contributed by atoms with Crippen molar-refractivity contribution in [3.8, 4) is 0 Å². The second-order valence-corrected chi connectivity index (χ2v) is 5.70. The van der Waals surface area contributed by atoms with Crippen LogP contribution in [0.2, 0.25) is 5.02 Å². The molecule has 1 amide bonds. The highest BCUT2D eigenvalue weighted by molar-refractivity contribution is 7.12. The minimum atomic E-state index is -0.509. The number of hydrogen-bond acceptors (Lipinski definition) is 4. The van der Waals surface area contributed by atoms with E-state index in [1.165, 1.54) is 29.5 Å². The second kappa shape index (κ2) is 6.89. The third-order valence-electron chi connectivity index (χ3n) is 3.22. The van der Waals surface area contributed by atoms with E-state index < -0.39 is 4.92 Å². The lowest BCUT2D eigenvalue weighted by molar-refractivity contribution is -0.384. The third kappa shape index (κ3) is 2.98. The average Bonchev–Trinajstić information content (AvgIpc) is 2.99. The van der Waals surface area contributed by atoms with E-state index in [2.05, 4.69) is 0 Å². The molecule has 2 heterocycles. The van der Waals surface area contributed by atoms with Gasteiger partial charge in [0.1, 0.15) is 0 Å². The van der Waals surface area contributed by atoms with Crippen molar-refractivity contribution < 1.29 is 9.72 Å². The predicted molar refractivity (Wildman–Crippen MR) is 89.2 cm³/mol. The fraction of sp³-hybridized carbons (Fsp3) is 0.267.